The fourth-order valence-corrected chi connectivity index (χ4v) is 1.24. The first-order valence-corrected chi connectivity index (χ1v) is 5.12. The molecule has 0 aliphatic carbocycles. The molecule has 5 heteroatoms. The molecule has 1 rings (SSSR count). The average molecular weight is 251 g/mol. The minimum atomic E-state index is 0.689. The molecule has 1 heterocycles. The van der Waals surface area contributed by atoms with E-state index in [1.807, 2.05) is 10.9 Å². The van der Waals surface area contributed by atoms with Gasteiger partial charge in [-0.05, 0) is 15.9 Å². The summed E-state index contributed by atoms with van der Waals surface area (Å²) >= 11 is 7.35. The number of ether oxygens (including phenoxy) is 1. The quantitative estimate of drug-likeness (QED) is 0.635. The third-order valence-corrected chi connectivity index (χ3v) is 1.89. The van der Waals surface area contributed by atoms with Gasteiger partial charge in [-0.25, -0.2) is 0 Å². The molecule has 12 heavy (non-hydrogen) atoms. The normalized spacial score (nSPS) is 10.5. The predicted molar refractivity (Wildman–Crippen MR) is 54.6 cm³/mol. The van der Waals surface area contributed by atoms with Crippen molar-refractivity contribution in [3.63, 3.8) is 0 Å². The summed E-state index contributed by atoms with van der Waals surface area (Å²) in [5.41, 5.74) is 0. The molecule has 3 nitrogen and oxygen atoms in total. The van der Waals surface area contributed by atoms with Crippen LogP contribution in [-0.4, -0.2) is 28.7 Å². The number of hydrogen-bond donors (Lipinski definition) is 1. The number of rotatable bonds is 5. The van der Waals surface area contributed by atoms with Gasteiger partial charge in [0.2, 0.25) is 0 Å². The number of hydrogen-bond acceptors (Lipinski definition) is 3. The van der Waals surface area contributed by atoms with E-state index in [1.54, 1.807) is 6.20 Å². The van der Waals surface area contributed by atoms with Crippen LogP contribution in [0.3, 0.4) is 0 Å². The molecule has 0 amide bonds. The summed E-state index contributed by atoms with van der Waals surface area (Å²) in [6.07, 6.45) is 3.68. The van der Waals surface area contributed by atoms with Gasteiger partial charge in [0.05, 0.1) is 30.4 Å². The lowest BCUT2D eigenvalue weighted by Crippen LogP contribution is -2.07. The largest absolute Gasteiger partial charge is 0.379 e. The van der Waals surface area contributed by atoms with Crippen LogP contribution in [0.15, 0.2) is 16.9 Å². The molecule has 0 spiro atoms. The second-order valence-electron chi connectivity index (χ2n) is 2.26. The molecule has 1 aromatic rings. The van der Waals surface area contributed by atoms with E-state index in [9.17, 15) is 0 Å². The molecule has 0 saturated carbocycles. The summed E-state index contributed by atoms with van der Waals surface area (Å²) in [7, 11) is 0. The number of aromatic nitrogens is 2. The Morgan fingerprint density at radius 2 is 2.42 bits per heavy atom. The number of thiol groups is 1. The molecule has 0 unspecified atom stereocenters. The van der Waals surface area contributed by atoms with Gasteiger partial charge in [-0.1, -0.05) is 0 Å². The summed E-state index contributed by atoms with van der Waals surface area (Å²) in [5.74, 6) is 0.767. The second kappa shape index (κ2) is 5.61. The Kier molecular flexibility index (Phi) is 4.72. The van der Waals surface area contributed by atoms with Gasteiger partial charge in [0, 0.05) is 11.9 Å². The molecule has 68 valence electrons. The van der Waals surface area contributed by atoms with E-state index in [0.717, 1.165) is 16.8 Å². The first-order valence-electron chi connectivity index (χ1n) is 3.69. The van der Waals surface area contributed by atoms with E-state index in [1.165, 1.54) is 0 Å². The van der Waals surface area contributed by atoms with Gasteiger partial charge in [0.15, 0.2) is 0 Å². The minimum absolute atomic E-state index is 0.689. The SMILES string of the molecule is SCCOCCn1cc(Br)cn1. The van der Waals surface area contributed by atoms with Gasteiger partial charge < -0.3 is 4.74 Å². The van der Waals surface area contributed by atoms with E-state index in [4.69, 9.17) is 4.74 Å². The number of halogens is 1. The van der Waals surface area contributed by atoms with Crippen molar-refractivity contribution in [1.82, 2.24) is 9.78 Å². The van der Waals surface area contributed by atoms with E-state index < -0.39 is 0 Å². The van der Waals surface area contributed by atoms with Gasteiger partial charge in [-0.2, -0.15) is 17.7 Å². The van der Waals surface area contributed by atoms with Crippen molar-refractivity contribution >= 4 is 28.6 Å². The van der Waals surface area contributed by atoms with Gasteiger partial charge in [-0.3, -0.25) is 4.68 Å². The molecule has 0 N–H and O–H groups in total. The lowest BCUT2D eigenvalue weighted by Gasteiger charge is -2.01. The smallest absolute Gasteiger partial charge is 0.0663 e. The Morgan fingerprint density at radius 3 is 3.00 bits per heavy atom. The van der Waals surface area contributed by atoms with Crippen LogP contribution in [0.2, 0.25) is 0 Å². The first kappa shape index (κ1) is 10.1. The van der Waals surface area contributed by atoms with Crippen LogP contribution in [0, 0.1) is 0 Å². The molecule has 0 saturated heterocycles. The molecule has 0 bridgehead atoms. The summed E-state index contributed by atoms with van der Waals surface area (Å²) in [6.45, 7) is 2.18. The molecule has 0 aliphatic heterocycles. The summed E-state index contributed by atoms with van der Waals surface area (Å²) in [5, 5.41) is 4.08. The Balaban J connectivity index is 2.15. The fourth-order valence-electron chi connectivity index (χ4n) is 0.785. The molecule has 0 fully saturated rings. The van der Waals surface area contributed by atoms with Crippen molar-refractivity contribution in [3.8, 4) is 0 Å². The fraction of sp³-hybridized carbons (Fsp3) is 0.571. The highest BCUT2D eigenvalue weighted by atomic mass is 79.9. The van der Waals surface area contributed by atoms with Gasteiger partial charge in [0.25, 0.3) is 0 Å². The first-order chi connectivity index (χ1) is 5.83. The molecule has 0 atom stereocenters. The highest BCUT2D eigenvalue weighted by Crippen LogP contribution is 2.05. The molecular formula is C7H11BrN2OS. The van der Waals surface area contributed by atoms with Crippen LogP contribution < -0.4 is 0 Å². The van der Waals surface area contributed by atoms with Crippen LogP contribution in [-0.2, 0) is 11.3 Å². The van der Waals surface area contributed by atoms with Crippen LogP contribution in [0.25, 0.3) is 0 Å². The molecule has 1 aromatic heterocycles. The van der Waals surface area contributed by atoms with Gasteiger partial charge in [0.1, 0.15) is 0 Å². The predicted octanol–water partition coefficient (Wildman–Crippen LogP) is 1.59. The zero-order valence-corrected chi connectivity index (χ0v) is 9.09. The van der Waals surface area contributed by atoms with Crippen molar-refractivity contribution in [2.45, 2.75) is 6.54 Å². The zero-order valence-electron chi connectivity index (χ0n) is 6.61. The molecular weight excluding hydrogens is 240 g/mol. The van der Waals surface area contributed by atoms with Gasteiger partial charge in [-0.15, -0.1) is 0 Å². The van der Waals surface area contributed by atoms with Crippen molar-refractivity contribution < 1.29 is 4.74 Å². The maximum Gasteiger partial charge on any atom is 0.0663 e. The highest BCUT2D eigenvalue weighted by molar-refractivity contribution is 9.10. The maximum absolute atomic E-state index is 5.24. The third kappa shape index (κ3) is 3.60. The number of nitrogens with zero attached hydrogens (tertiary/aromatic N) is 2. The standard InChI is InChI=1S/C7H11BrN2OS/c8-7-5-9-10(6-7)1-2-11-3-4-12/h5-6,12H,1-4H2. The van der Waals surface area contributed by atoms with Crippen molar-refractivity contribution in [3.05, 3.63) is 16.9 Å². The second-order valence-corrected chi connectivity index (χ2v) is 3.62. The van der Waals surface area contributed by atoms with Crippen LogP contribution in [0.1, 0.15) is 0 Å². The minimum Gasteiger partial charge on any atom is -0.379 e. The van der Waals surface area contributed by atoms with Crippen LogP contribution >= 0.6 is 28.6 Å². The Hall–Kier alpha value is -0.0000000000000000555. The van der Waals surface area contributed by atoms with E-state index in [0.29, 0.717) is 13.2 Å². The van der Waals surface area contributed by atoms with Crippen molar-refractivity contribution in [2.24, 2.45) is 0 Å². The highest BCUT2D eigenvalue weighted by Gasteiger charge is 1.93. The third-order valence-electron chi connectivity index (χ3n) is 1.30. The van der Waals surface area contributed by atoms with Crippen LogP contribution in [0.5, 0.6) is 0 Å². The van der Waals surface area contributed by atoms with E-state index in [2.05, 4.69) is 33.7 Å². The van der Waals surface area contributed by atoms with Gasteiger partial charge >= 0.3 is 0 Å². The summed E-state index contributed by atoms with van der Waals surface area (Å²) < 4.78 is 8.08. The maximum atomic E-state index is 5.24. The molecule has 0 aliphatic rings. The lowest BCUT2D eigenvalue weighted by atomic mass is 10.6. The topological polar surface area (TPSA) is 27.1 Å². The Morgan fingerprint density at radius 1 is 1.58 bits per heavy atom. The van der Waals surface area contributed by atoms with E-state index in [-0.39, 0.29) is 0 Å². The summed E-state index contributed by atoms with van der Waals surface area (Å²) in [4.78, 5) is 0. The average Bonchev–Trinajstić information content (AvgIpc) is 2.45. The summed E-state index contributed by atoms with van der Waals surface area (Å²) in [6, 6.07) is 0. The van der Waals surface area contributed by atoms with E-state index >= 15 is 0 Å². The van der Waals surface area contributed by atoms with Crippen molar-refractivity contribution in [1.29, 1.82) is 0 Å². The Labute approximate surface area is 85.6 Å². The molecule has 0 aromatic carbocycles. The molecule has 0 radical (unpaired) electrons. The van der Waals surface area contributed by atoms with Crippen LogP contribution in [0.4, 0.5) is 0 Å². The lowest BCUT2D eigenvalue weighted by molar-refractivity contribution is 0.139. The van der Waals surface area contributed by atoms with Crippen molar-refractivity contribution in [2.75, 3.05) is 19.0 Å². The Bertz CT molecular complexity index is 229. The monoisotopic (exact) mass is 250 g/mol. The zero-order chi connectivity index (χ0) is 8.81.